The average Bonchev–Trinajstić information content (AvgIpc) is 2.44. The van der Waals surface area contributed by atoms with Gasteiger partial charge in [-0.3, -0.25) is 0 Å². The van der Waals surface area contributed by atoms with Crippen LogP contribution < -0.4 is 10.2 Å². The van der Waals surface area contributed by atoms with Gasteiger partial charge in [-0.05, 0) is 42.5 Å². The fourth-order valence-electron chi connectivity index (χ4n) is 3.30. The molecule has 1 saturated carbocycles. The van der Waals surface area contributed by atoms with E-state index in [2.05, 4.69) is 50.2 Å². The predicted octanol–water partition coefficient (Wildman–Crippen LogP) is 4.85. The van der Waals surface area contributed by atoms with Crippen molar-refractivity contribution in [3.8, 4) is 0 Å². The molecule has 0 heterocycles. The minimum Gasteiger partial charge on any atom is -0.371 e. The van der Waals surface area contributed by atoms with Crippen molar-refractivity contribution in [1.82, 2.24) is 5.32 Å². The van der Waals surface area contributed by atoms with Crippen LogP contribution in [0.2, 0.25) is 5.02 Å². The van der Waals surface area contributed by atoms with E-state index in [-0.39, 0.29) is 0 Å². The number of halogens is 1. The van der Waals surface area contributed by atoms with Gasteiger partial charge < -0.3 is 10.2 Å². The lowest BCUT2D eigenvalue weighted by Crippen LogP contribution is -2.36. The SMILES string of the molecule is CC1CCCC(N(C)c2ccc(Cl)cc2CNC(C)C)C1. The van der Waals surface area contributed by atoms with Gasteiger partial charge in [-0.15, -0.1) is 0 Å². The Morgan fingerprint density at radius 1 is 1.33 bits per heavy atom. The summed E-state index contributed by atoms with van der Waals surface area (Å²) in [6.07, 6.45) is 5.34. The van der Waals surface area contributed by atoms with Gasteiger partial charge in [0.05, 0.1) is 0 Å². The molecule has 1 aliphatic carbocycles. The van der Waals surface area contributed by atoms with E-state index in [9.17, 15) is 0 Å². The molecule has 1 aliphatic rings. The van der Waals surface area contributed by atoms with Crippen molar-refractivity contribution < 1.29 is 0 Å². The summed E-state index contributed by atoms with van der Waals surface area (Å²) in [4.78, 5) is 2.48. The van der Waals surface area contributed by atoms with Crippen LogP contribution in [0.25, 0.3) is 0 Å². The Balaban J connectivity index is 2.16. The monoisotopic (exact) mass is 308 g/mol. The molecule has 0 amide bonds. The van der Waals surface area contributed by atoms with Gasteiger partial charge >= 0.3 is 0 Å². The summed E-state index contributed by atoms with van der Waals surface area (Å²) in [6.45, 7) is 7.61. The lowest BCUT2D eigenvalue weighted by molar-refractivity contribution is 0.336. The third kappa shape index (κ3) is 4.62. The Kier molecular flexibility index (Phi) is 5.95. The zero-order valence-corrected chi connectivity index (χ0v) is 14.6. The molecule has 1 N–H and O–H groups in total. The van der Waals surface area contributed by atoms with Crippen molar-refractivity contribution >= 4 is 17.3 Å². The van der Waals surface area contributed by atoms with E-state index in [1.807, 2.05) is 6.07 Å². The third-order valence-electron chi connectivity index (χ3n) is 4.58. The Morgan fingerprint density at radius 2 is 2.10 bits per heavy atom. The van der Waals surface area contributed by atoms with Crippen molar-refractivity contribution in [2.75, 3.05) is 11.9 Å². The molecule has 0 spiro atoms. The smallest absolute Gasteiger partial charge is 0.0412 e. The van der Waals surface area contributed by atoms with Crippen molar-refractivity contribution in [2.45, 2.75) is 65.1 Å². The van der Waals surface area contributed by atoms with E-state index in [1.165, 1.54) is 36.9 Å². The van der Waals surface area contributed by atoms with Crippen LogP contribution in [0.4, 0.5) is 5.69 Å². The molecule has 0 radical (unpaired) electrons. The first-order chi connectivity index (χ1) is 9.97. The second-order valence-electron chi connectivity index (χ2n) is 6.85. The van der Waals surface area contributed by atoms with Gasteiger partial charge in [0.15, 0.2) is 0 Å². The number of nitrogens with zero attached hydrogens (tertiary/aromatic N) is 1. The largest absolute Gasteiger partial charge is 0.371 e. The Bertz CT molecular complexity index is 459. The van der Waals surface area contributed by atoms with E-state index >= 15 is 0 Å². The van der Waals surface area contributed by atoms with Crippen LogP contribution >= 0.6 is 11.6 Å². The Labute approximate surface area is 134 Å². The van der Waals surface area contributed by atoms with Gasteiger partial charge in [0.2, 0.25) is 0 Å². The topological polar surface area (TPSA) is 15.3 Å². The number of benzene rings is 1. The number of anilines is 1. The molecule has 0 aromatic heterocycles. The van der Waals surface area contributed by atoms with Crippen molar-refractivity contribution in [3.05, 3.63) is 28.8 Å². The maximum atomic E-state index is 6.20. The summed E-state index contributed by atoms with van der Waals surface area (Å²) in [5.74, 6) is 0.843. The van der Waals surface area contributed by atoms with Crippen LogP contribution in [0.3, 0.4) is 0 Å². The van der Waals surface area contributed by atoms with Crippen LogP contribution in [0.15, 0.2) is 18.2 Å². The molecule has 2 atom stereocenters. The van der Waals surface area contributed by atoms with Crippen LogP contribution in [-0.4, -0.2) is 19.1 Å². The number of rotatable bonds is 5. The van der Waals surface area contributed by atoms with Gasteiger partial charge in [-0.25, -0.2) is 0 Å². The molecule has 2 unspecified atom stereocenters. The molecule has 0 bridgehead atoms. The molecular weight excluding hydrogens is 280 g/mol. The highest BCUT2D eigenvalue weighted by atomic mass is 35.5. The van der Waals surface area contributed by atoms with Crippen molar-refractivity contribution in [3.63, 3.8) is 0 Å². The molecule has 1 fully saturated rings. The number of hydrogen-bond acceptors (Lipinski definition) is 2. The summed E-state index contributed by atoms with van der Waals surface area (Å²) in [6, 6.07) is 7.44. The van der Waals surface area contributed by atoms with Gasteiger partial charge in [0.25, 0.3) is 0 Å². The fraction of sp³-hybridized carbons (Fsp3) is 0.667. The van der Waals surface area contributed by atoms with E-state index in [0.717, 1.165) is 17.5 Å². The first-order valence-electron chi connectivity index (χ1n) is 8.22. The second-order valence-corrected chi connectivity index (χ2v) is 7.28. The van der Waals surface area contributed by atoms with Gasteiger partial charge in [0.1, 0.15) is 0 Å². The lowest BCUT2D eigenvalue weighted by atomic mass is 9.86. The quantitative estimate of drug-likeness (QED) is 0.836. The first kappa shape index (κ1) is 16.6. The van der Waals surface area contributed by atoms with E-state index in [0.29, 0.717) is 12.1 Å². The van der Waals surface area contributed by atoms with Crippen LogP contribution in [0.1, 0.15) is 52.0 Å². The second kappa shape index (κ2) is 7.51. The summed E-state index contributed by atoms with van der Waals surface area (Å²) in [5.41, 5.74) is 2.63. The van der Waals surface area contributed by atoms with Gasteiger partial charge in [-0.2, -0.15) is 0 Å². The summed E-state index contributed by atoms with van der Waals surface area (Å²) in [7, 11) is 2.24. The highest BCUT2D eigenvalue weighted by Gasteiger charge is 2.23. The van der Waals surface area contributed by atoms with Gasteiger partial charge in [0, 0.05) is 36.4 Å². The normalized spacial score (nSPS) is 22.6. The third-order valence-corrected chi connectivity index (χ3v) is 4.81. The van der Waals surface area contributed by atoms with Crippen LogP contribution in [0.5, 0.6) is 0 Å². The van der Waals surface area contributed by atoms with E-state index in [4.69, 9.17) is 11.6 Å². The molecule has 21 heavy (non-hydrogen) atoms. The molecule has 0 aliphatic heterocycles. The van der Waals surface area contributed by atoms with E-state index < -0.39 is 0 Å². The first-order valence-corrected chi connectivity index (χ1v) is 8.59. The molecule has 2 rings (SSSR count). The Morgan fingerprint density at radius 3 is 2.76 bits per heavy atom. The molecule has 1 aromatic rings. The molecule has 2 nitrogen and oxygen atoms in total. The standard InChI is InChI=1S/C18H29ClN2/c1-13(2)20-12-15-11-16(19)8-9-18(15)21(4)17-7-5-6-14(3)10-17/h8-9,11,13-14,17,20H,5-7,10,12H2,1-4H3. The lowest BCUT2D eigenvalue weighted by Gasteiger charge is -2.36. The van der Waals surface area contributed by atoms with Crippen LogP contribution in [-0.2, 0) is 6.54 Å². The Hall–Kier alpha value is -0.730. The molecule has 3 heteroatoms. The maximum absolute atomic E-state index is 6.20. The average molecular weight is 309 g/mol. The zero-order chi connectivity index (χ0) is 15.4. The summed E-state index contributed by atoms with van der Waals surface area (Å²) in [5, 5.41) is 4.33. The zero-order valence-electron chi connectivity index (χ0n) is 13.8. The molecule has 0 saturated heterocycles. The molecule has 1 aromatic carbocycles. The minimum absolute atomic E-state index is 0.483. The van der Waals surface area contributed by atoms with Crippen LogP contribution in [0, 0.1) is 5.92 Å². The fourth-order valence-corrected chi connectivity index (χ4v) is 3.50. The molecular formula is C18H29ClN2. The summed E-state index contributed by atoms with van der Waals surface area (Å²) < 4.78 is 0. The van der Waals surface area contributed by atoms with Crippen molar-refractivity contribution in [1.29, 1.82) is 0 Å². The number of hydrogen-bond donors (Lipinski definition) is 1. The molecule has 118 valence electrons. The number of nitrogens with one attached hydrogen (secondary N) is 1. The highest BCUT2D eigenvalue weighted by Crippen LogP contribution is 2.32. The summed E-state index contributed by atoms with van der Waals surface area (Å²) >= 11 is 6.20. The maximum Gasteiger partial charge on any atom is 0.0412 e. The minimum atomic E-state index is 0.483. The van der Waals surface area contributed by atoms with E-state index in [1.54, 1.807) is 0 Å². The highest BCUT2D eigenvalue weighted by molar-refractivity contribution is 6.30. The van der Waals surface area contributed by atoms with Crippen molar-refractivity contribution in [2.24, 2.45) is 5.92 Å². The van der Waals surface area contributed by atoms with Gasteiger partial charge in [-0.1, -0.05) is 45.2 Å². The predicted molar refractivity (Wildman–Crippen MR) is 93.3 cm³/mol.